The average Bonchev–Trinajstić information content (AvgIpc) is 3.59. The van der Waals surface area contributed by atoms with Crippen LogP contribution < -0.4 is 20.7 Å². The first-order chi connectivity index (χ1) is 16.0. The molecule has 5 rings (SSSR count). The van der Waals surface area contributed by atoms with Crippen molar-refractivity contribution in [1.82, 2.24) is 10.2 Å². The maximum absolute atomic E-state index is 12.5. The molecule has 9 nitrogen and oxygen atoms in total. The Balaban J connectivity index is 1.75. The fourth-order valence-electron chi connectivity index (χ4n) is 4.34. The third kappa shape index (κ3) is 3.79. The molecule has 3 N–H and O–H groups in total. The molecule has 33 heavy (non-hydrogen) atoms. The molecule has 170 valence electrons. The monoisotopic (exact) mass is 447 g/mol. The van der Waals surface area contributed by atoms with Gasteiger partial charge in [0.2, 0.25) is 0 Å². The zero-order valence-corrected chi connectivity index (χ0v) is 18.5. The summed E-state index contributed by atoms with van der Waals surface area (Å²) in [7, 11) is 1.57. The normalized spacial score (nSPS) is 16.5. The van der Waals surface area contributed by atoms with E-state index in [9.17, 15) is 9.59 Å². The fourth-order valence-corrected chi connectivity index (χ4v) is 4.34. The number of ether oxygens (including phenoxy) is 2. The quantitative estimate of drug-likeness (QED) is 0.568. The molecule has 0 spiro atoms. The molecule has 2 fully saturated rings. The Morgan fingerprint density at radius 2 is 2.06 bits per heavy atom. The number of benzene rings is 2. The van der Waals surface area contributed by atoms with Gasteiger partial charge in [0.25, 0.3) is 5.91 Å². The lowest BCUT2D eigenvalue weighted by molar-refractivity contribution is 0.0995. The summed E-state index contributed by atoms with van der Waals surface area (Å²) in [6.45, 7) is 2.87. The Hall–Kier alpha value is -3.88. The van der Waals surface area contributed by atoms with Crippen molar-refractivity contribution in [3.05, 3.63) is 42.1 Å². The second kappa shape index (κ2) is 8.23. The molecule has 2 heterocycles. The number of nitrogens with one attached hydrogen (secondary N) is 1. The number of aromatic nitrogens is 2. The number of cyclic esters (lactones) is 1. The molecule has 1 aliphatic carbocycles. The summed E-state index contributed by atoms with van der Waals surface area (Å²) in [5.41, 5.74) is 8.85. The molecule has 1 atom stereocenters. The van der Waals surface area contributed by atoms with Crippen LogP contribution in [0.3, 0.4) is 0 Å². The summed E-state index contributed by atoms with van der Waals surface area (Å²) < 4.78 is 11.0. The summed E-state index contributed by atoms with van der Waals surface area (Å²) in [4.78, 5) is 26.4. The van der Waals surface area contributed by atoms with Crippen molar-refractivity contribution in [1.29, 1.82) is 0 Å². The summed E-state index contributed by atoms with van der Waals surface area (Å²) >= 11 is 0. The van der Waals surface area contributed by atoms with Crippen LogP contribution in [-0.2, 0) is 4.74 Å². The van der Waals surface area contributed by atoms with E-state index in [1.54, 1.807) is 12.0 Å². The van der Waals surface area contributed by atoms with E-state index in [1.807, 2.05) is 36.4 Å². The number of carbonyl (C=O) groups excluding carboxylic acids is 2. The van der Waals surface area contributed by atoms with Gasteiger partial charge in [-0.25, -0.2) is 4.79 Å². The highest BCUT2D eigenvalue weighted by atomic mass is 16.6. The van der Waals surface area contributed by atoms with E-state index in [1.165, 1.54) is 12.8 Å². The molecular weight excluding hydrogens is 422 g/mol. The third-order valence-corrected chi connectivity index (χ3v) is 6.25. The van der Waals surface area contributed by atoms with Crippen molar-refractivity contribution in [2.24, 2.45) is 11.7 Å². The lowest BCUT2D eigenvalue weighted by atomic mass is 9.96. The Kier molecular flexibility index (Phi) is 5.24. The van der Waals surface area contributed by atoms with Crippen LogP contribution in [-0.4, -0.2) is 48.5 Å². The predicted molar refractivity (Wildman–Crippen MR) is 125 cm³/mol. The molecular formula is C24H25N5O4. The molecule has 1 aliphatic heterocycles. The topological polar surface area (TPSA) is 120 Å². The zero-order chi connectivity index (χ0) is 23.1. The van der Waals surface area contributed by atoms with Gasteiger partial charge < -0.3 is 20.5 Å². The Morgan fingerprint density at radius 3 is 2.73 bits per heavy atom. The predicted octanol–water partition coefficient (Wildman–Crippen LogP) is 3.57. The van der Waals surface area contributed by atoms with Gasteiger partial charge in [-0.15, -0.1) is 10.2 Å². The summed E-state index contributed by atoms with van der Waals surface area (Å²) in [5, 5.41) is 12.5. The number of anilines is 2. The molecule has 2 amide bonds. The molecule has 0 bridgehead atoms. The van der Waals surface area contributed by atoms with Crippen LogP contribution >= 0.6 is 0 Å². The first-order valence-corrected chi connectivity index (χ1v) is 11.0. The summed E-state index contributed by atoms with van der Waals surface area (Å²) in [6.07, 6.45) is 1.95. The van der Waals surface area contributed by atoms with Crippen LogP contribution in [0.1, 0.15) is 30.3 Å². The molecule has 3 aromatic rings. The van der Waals surface area contributed by atoms with Crippen molar-refractivity contribution < 1.29 is 19.1 Å². The second-order valence-corrected chi connectivity index (χ2v) is 8.41. The third-order valence-electron chi connectivity index (χ3n) is 6.25. The minimum absolute atomic E-state index is 0.0361. The van der Waals surface area contributed by atoms with Crippen molar-refractivity contribution in [2.45, 2.75) is 25.8 Å². The van der Waals surface area contributed by atoms with Gasteiger partial charge in [-0.3, -0.25) is 9.69 Å². The standard InChI is InChI=1S/C24H25N5O4/c1-13(14-7-8-14)26-18-12-20(32-2)16(11-19(18)29-9-10-33-24(29)31)21-15-5-3-4-6-17(15)27-28-22(21)23(25)30/h3-6,11-14,26H,7-10H2,1-2H3,(H2,25,30)/t13-/m1/s1. The smallest absolute Gasteiger partial charge is 0.414 e. The maximum atomic E-state index is 12.5. The van der Waals surface area contributed by atoms with E-state index >= 15 is 0 Å². The van der Waals surface area contributed by atoms with Gasteiger partial charge in [0, 0.05) is 28.6 Å². The van der Waals surface area contributed by atoms with E-state index in [4.69, 9.17) is 15.2 Å². The molecule has 2 aliphatic rings. The fraction of sp³-hybridized carbons (Fsp3) is 0.333. The highest BCUT2D eigenvalue weighted by molar-refractivity contribution is 6.08. The number of rotatable bonds is 7. The number of fused-ring (bicyclic) bond motifs is 1. The number of hydrogen-bond acceptors (Lipinski definition) is 7. The van der Waals surface area contributed by atoms with Gasteiger partial charge >= 0.3 is 6.09 Å². The summed E-state index contributed by atoms with van der Waals surface area (Å²) in [5.74, 6) is 0.429. The van der Waals surface area contributed by atoms with Crippen LogP contribution in [0.5, 0.6) is 5.75 Å². The van der Waals surface area contributed by atoms with Crippen LogP contribution in [0.4, 0.5) is 16.2 Å². The molecule has 2 aromatic carbocycles. The Bertz CT molecular complexity index is 1260. The van der Waals surface area contributed by atoms with Gasteiger partial charge in [0.05, 0.1) is 30.5 Å². The highest BCUT2D eigenvalue weighted by Crippen LogP contribution is 2.44. The highest BCUT2D eigenvalue weighted by Gasteiger charge is 2.32. The van der Waals surface area contributed by atoms with Gasteiger partial charge in [0.15, 0.2) is 5.69 Å². The molecule has 1 aromatic heterocycles. The molecule has 0 unspecified atom stereocenters. The van der Waals surface area contributed by atoms with Crippen LogP contribution in [0, 0.1) is 5.92 Å². The molecule has 0 radical (unpaired) electrons. The minimum atomic E-state index is -0.697. The van der Waals surface area contributed by atoms with E-state index in [0.29, 0.717) is 52.5 Å². The van der Waals surface area contributed by atoms with Crippen molar-refractivity contribution in [3.63, 3.8) is 0 Å². The largest absolute Gasteiger partial charge is 0.496 e. The van der Waals surface area contributed by atoms with Crippen LogP contribution in [0.25, 0.3) is 22.0 Å². The zero-order valence-electron chi connectivity index (χ0n) is 18.5. The van der Waals surface area contributed by atoms with Crippen LogP contribution in [0.15, 0.2) is 36.4 Å². The van der Waals surface area contributed by atoms with Gasteiger partial charge in [-0.1, -0.05) is 18.2 Å². The summed E-state index contributed by atoms with van der Waals surface area (Å²) in [6, 6.07) is 11.3. The lowest BCUT2D eigenvalue weighted by Gasteiger charge is -2.24. The van der Waals surface area contributed by atoms with Crippen LogP contribution in [0.2, 0.25) is 0 Å². The van der Waals surface area contributed by atoms with E-state index < -0.39 is 12.0 Å². The van der Waals surface area contributed by atoms with Crippen molar-refractivity contribution in [2.75, 3.05) is 30.5 Å². The molecule has 1 saturated heterocycles. The number of carbonyl (C=O) groups is 2. The van der Waals surface area contributed by atoms with Gasteiger partial charge in [0.1, 0.15) is 12.4 Å². The van der Waals surface area contributed by atoms with E-state index in [0.717, 1.165) is 5.69 Å². The lowest BCUT2D eigenvalue weighted by Crippen LogP contribution is -2.26. The number of primary amides is 1. The first kappa shape index (κ1) is 21.0. The van der Waals surface area contributed by atoms with Gasteiger partial charge in [-0.05, 0) is 37.8 Å². The van der Waals surface area contributed by atoms with E-state index in [2.05, 4.69) is 22.4 Å². The number of nitrogens with two attached hydrogens (primary N) is 1. The number of methoxy groups -OCH3 is 1. The first-order valence-electron chi connectivity index (χ1n) is 11.0. The van der Waals surface area contributed by atoms with E-state index in [-0.39, 0.29) is 11.7 Å². The van der Waals surface area contributed by atoms with Gasteiger partial charge in [-0.2, -0.15) is 0 Å². The SMILES string of the molecule is COc1cc(N[C@H](C)C2CC2)c(N2CCOC2=O)cc1-c1c(C(N)=O)nnc2ccccc12. The molecule has 1 saturated carbocycles. The molecule has 9 heteroatoms. The second-order valence-electron chi connectivity index (χ2n) is 8.41. The Morgan fingerprint density at radius 1 is 1.27 bits per heavy atom. The number of nitrogens with zero attached hydrogens (tertiary/aromatic N) is 3. The average molecular weight is 447 g/mol. The maximum Gasteiger partial charge on any atom is 0.414 e. The number of amides is 2. The van der Waals surface area contributed by atoms with Crippen molar-refractivity contribution >= 4 is 34.3 Å². The van der Waals surface area contributed by atoms with Crippen molar-refractivity contribution in [3.8, 4) is 16.9 Å². The minimum Gasteiger partial charge on any atom is -0.496 e. The number of hydrogen-bond donors (Lipinski definition) is 2. The Labute approximate surface area is 190 Å².